The molecule has 3 aromatic heterocycles. The topological polar surface area (TPSA) is 38.9 Å². The first-order valence-corrected chi connectivity index (χ1v) is 18.1. The Labute approximate surface area is 276 Å². The number of fused-ring (bicyclic) bond motifs is 3. The van der Waals surface area contributed by atoms with Gasteiger partial charge in [-0.3, -0.25) is 0 Å². The standard InChI is InChI=1S/C21H17FNO.C17H22NSi.Ir/c1-21(2,3)16-11-18(23-12-17(16)22)15-9-6-8-14-13-7-4-5-10-19(13)24-20(14)15;1-13(2)15-11-16(14-9-7-6-8-10-14)18-12-17(15)19(3,4)5;/h4-8,10-12H,1-3H3;6-9,11-13H,1-5H3;/q2*-1;/i;13D;. The van der Waals surface area contributed by atoms with E-state index in [-0.39, 0.29) is 31.3 Å². The zero-order chi connectivity index (χ0) is 31.9. The SMILES string of the molecule is CC(C)(C)c1cc(-c2[c-]ccc3c2oc2ccccc23)ncc1F.[2H]C(C)(C)c1cc(-c2[c-]cccc2)ncc1[Si](C)(C)C.[Ir]. The number of pyridine rings is 2. The van der Waals surface area contributed by atoms with E-state index in [1.807, 2.05) is 101 Å². The third kappa shape index (κ3) is 7.09. The Bertz CT molecular complexity index is 1940. The fraction of sp³-hybridized carbons (Fsp3) is 0.263. The average Bonchev–Trinajstić information content (AvgIpc) is 3.35. The summed E-state index contributed by atoms with van der Waals surface area (Å²) in [6, 6.07) is 29.9. The molecule has 0 saturated carbocycles. The molecule has 0 aliphatic heterocycles. The van der Waals surface area contributed by atoms with Gasteiger partial charge in [0.05, 0.1) is 19.9 Å². The number of furan rings is 1. The van der Waals surface area contributed by atoms with E-state index in [1.165, 1.54) is 11.4 Å². The molecule has 44 heavy (non-hydrogen) atoms. The summed E-state index contributed by atoms with van der Waals surface area (Å²) in [5.74, 6) is -0.898. The van der Waals surface area contributed by atoms with Gasteiger partial charge in [0.25, 0.3) is 0 Å². The van der Waals surface area contributed by atoms with Gasteiger partial charge in [-0.1, -0.05) is 101 Å². The molecule has 6 heteroatoms. The molecule has 0 bridgehead atoms. The number of hydrogen-bond acceptors (Lipinski definition) is 3. The first-order valence-electron chi connectivity index (χ1n) is 15.1. The van der Waals surface area contributed by atoms with Crippen molar-refractivity contribution < 1.29 is 30.3 Å². The monoisotopic (exact) mass is 780 g/mol. The molecule has 3 heterocycles. The van der Waals surface area contributed by atoms with Crippen molar-refractivity contribution in [3.8, 4) is 22.5 Å². The summed E-state index contributed by atoms with van der Waals surface area (Å²) in [6.45, 7) is 16.8. The molecule has 6 rings (SSSR count). The van der Waals surface area contributed by atoms with Crippen LogP contribution in [0.15, 0.2) is 89.6 Å². The van der Waals surface area contributed by atoms with Gasteiger partial charge in [-0.25, -0.2) is 4.39 Å². The van der Waals surface area contributed by atoms with Crippen LogP contribution in [0.2, 0.25) is 19.6 Å². The Kier molecular flexibility index (Phi) is 9.64. The van der Waals surface area contributed by atoms with Crippen LogP contribution in [0, 0.1) is 17.9 Å². The third-order valence-electron chi connectivity index (χ3n) is 7.49. The van der Waals surface area contributed by atoms with Crippen molar-refractivity contribution in [2.24, 2.45) is 0 Å². The van der Waals surface area contributed by atoms with Gasteiger partial charge in [-0.05, 0) is 39.5 Å². The minimum absolute atomic E-state index is 0. The molecule has 1 radical (unpaired) electrons. The molecule has 229 valence electrons. The predicted molar refractivity (Wildman–Crippen MR) is 180 cm³/mol. The summed E-state index contributed by atoms with van der Waals surface area (Å²) in [5.41, 5.74) is 6.31. The van der Waals surface area contributed by atoms with Gasteiger partial charge in [0.15, 0.2) is 0 Å². The molecule has 0 N–H and O–H groups in total. The minimum atomic E-state index is -1.50. The molecule has 3 aromatic carbocycles. The first kappa shape index (κ1) is 32.0. The maximum absolute atomic E-state index is 14.2. The smallest absolute Gasteiger partial charge is 0.143 e. The van der Waals surface area contributed by atoms with Crippen LogP contribution in [0.3, 0.4) is 0 Å². The molecule has 3 nitrogen and oxygen atoms in total. The normalized spacial score (nSPS) is 12.3. The minimum Gasteiger partial charge on any atom is -0.501 e. The van der Waals surface area contributed by atoms with Crippen LogP contribution in [0.4, 0.5) is 4.39 Å². The number of hydrogen-bond donors (Lipinski definition) is 0. The van der Waals surface area contributed by atoms with Crippen molar-refractivity contribution in [3.63, 3.8) is 0 Å². The Hall–Kier alpha value is -3.44. The van der Waals surface area contributed by atoms with Crippen LogP contribution < -0.4 is 5.19 Å². The molecule has 0 atom stereocenters. The van der Waals surface area contributed by atoms with E-state index in [2.05, 4.69) is 47.8 Å². The van der Waals surface area contributed by atoms with Crippen LogP contribution in [-0.2, 0) is 25.5 Å². The predicted octanol–water partition coefficient (Wildman–Crippen LogP) is 10.1. The Morgan fingerprint density at radius 3 is 2.23 bits per heavy atom. The summed E-state index contributed by atoms with van der Waals surface area (Å²) < 4.78 is 28.6. The van der Waals surface area contributed by atoms with Crippen molar-refractivity contribution in [2.75, 3.05) is 0 Å². The molecule has 0 fully saturated rings. The number of nitrogens with zero attached hydrogens (tertiary/aromatic N) is 2. The van der Waals surface area contributed by atoms with Gasteiger partial charge in [0, 0.05) is 33.1 Å². The maximum atomic E-state index is 14.2. The number of halogens is 1. The average molecular weight is 780 g/mol. The van der Waals surface area contributed by atoms with E-state index in [9.17, 15) is 4.39 Å². The van der Waals surface area contributed by atoms with Crippen LogP contribution in [0.1, 0.15) is 53.0 Å². The van der Waals surface area contributed by atoms with Crippen molar-refractivity contribution in [1.82, 2.24) is 9.97 Å². The van der Waals surface area contributed by atoms with Gasteiger partial charge in [0.1, 0.15) is 11.4 Å². The molecule has 0 aliphatic carbocycles. The molecule has 0 unspecified atom stereocenters. The van der Waals surface area contributed by atoms with Gasteiger partial charge in [-0.15, -0.1) is 54.1 Å². The Morgan fingerprint density at radius 2 is 1.57 bits per heavy atom. The van der Waals surface area contributed by atoms with E-state index < -0.39 is 14.0 Å². The fourth-order valence-corrected chi connectivity index (χ4v) is 6.78. The molecule has 0 aliphatic rings. The fourth-order valence-electron chi connectivity index (χ4n) is 5.20. The van der Waals surface area contributed by atoms with Gasteiger partial charge < -0.3 is 14.4 Å². The van der Waals surface area contributed by atoms with E-state index in [1.54, 1.807) is 6.07 Å². The maximum Gasteiger partial charge on any atom is 0.143 e. The van der Waals surface area contributed by atoms with Gasteiger partial charge >= 0.3 is 0 Å². The van der Waals surface area contributed by atoms with E-state index >= 15 is 0 Å². The van der Waals surface area contributed by atoms with Crippen molar-refractivity contribution in [1.29, 1.82) is 0 Å². The van der Waals surface area contributed by atoms with Crippen LogP contribution in [0.5, 0.6) is 0 Å². The Balaban J connectivity index is 0.000000204. The summed E-state index contributed by atoms with van der Waals surface area (Å²) >= 11 is 0. The second kappa shape index (κ2) is 13.3. The quantitative estimate of drug-likeness (QED) is 0.132. The zero-order valence-electron chi connectivity index (χ0n) is 27.6. The second-order valence-electron chi connectivity index (χ2n) is 13.1. The molecule has 0 spiro atoms. The first-order chi connectivity index (χ1) is 20.6. The van der Waals surface area contributed by atoms with E-state index in [4.69, 9.17) is 5.79 Å². The molecule has 6 aromatic rings. The largest absolute Gasteiger partial charge is 0.501 e. The number of rotatable bonds is 4. The molecule has 0 saturated heterocycles. The van der Waals surface area contributed by atoms with E-state index in [0.29, 0.717) is 11.3 Å². The van der Waals surface area contributed by atoms with Gasteiger partial charge in [0.2, 0.25) is 0 Å². The summed E-state index contributed by atoms with van der Waals surface area (Å²) in [7, 11) is -1.50. The van der Waals surface area contributed by atoms with E-state index in [0.717, 1.165) is 44.3 Å². The van der Waals surface area contributed by atoms with Crippen LogP contribution >= 0.6 is 0 Å². The summed E-state index contributed by atoms with van der Waals surface area (Å²) in [6.07, 6.45) is 3.26. The summed E-state index contributed by atoms with van der Waals surface area (Å²) in [5, 5.41) is 3.35. The van der Waals surface area contributed by atoms with Crippen LogP contribution in [0.25, 0.3) is 44.5 Å². The Morgan fingerprint density at radius 1 is 0.864 bits per heavy atom. The molecular formula is C38H39FIrN2OSi-2. The summed E-state index contributed by atoms with van der Waals surface area (Å²) in [4.78, 5) is 8.89. The molecule has 0 amide bonds. The van der Waals surface area contributed by atoms with Crippen molar-refractivity contribution in [3.05, 3.63) is 114 Å². The second-order valence-corrected chi connectivity index (χ2v) is 18.2. The molecular weight excluding hydrogens is 740 g/mol. The number of aromatic nitrogens is 2. The number of benzene rings is 3. The van der Waals surface area contributed by atoms with Gasteiger partial charge in [-0.2, -0.15) is 0 Å². The van der Waals surface area contributed by atoms with Crippen molar-refractivity contribution >= 4 is 35.2 Å². The number of para-hydroxylation sites is 1. The van der Waals surface area contributed by atoms with Crippen molar-refractivity contribution in [2.45, 2.75) is 65.6 Å². The third-order valence-corrected chi connectivity index (χ3v) is 9.51. The van der Waals surface area contributed by atoms with Crippen LogP contribution in [-0.4, -0.2) is 18.0 Å². The zero-order valence-corrected chi connectivity index (χ0v) is 30.0.